The predicted molar refractivity (Wildman–Crippen MR) is 73.3 cm³/mol. The number of hydrogen-bond acceptors (Lipinski definition) is 2. The zero-order valence-corrected chi connectivity index (χ0v) is 12.0. The van der Waals surface area contributed by atoms with Crippen LogP contribution >= 0.6 is 0 Å². The van der Waals surface area contributed by atoms with Crippen LogP contribution in [0.2, 0.25) is 0 Å². The second-order valence-electron chi connectivity index (χ2n) is 6.43. The molecule has 1 aliphatic rings. The van der Waals surface area contributed by atoms with Crippen LogP contribution in [-0.2, 0) is 6.42 Å². The van der Waals surface area contributed by atoms with Crippen LogP contribution in [0.15, 0.2) is 18.2 Å². The first-order valence-corrected chi connectivity index (χ1v) is 6.62. The first-order valence-electron chi connectivity index (χ1n) is 6.62. The van der Waals surface area contributed by atoms with Gasteiger partial charge in [-0.25, -0.2) is 0 Å². The first-order chi connectivity index (χ1) is 8.25. The van der Waals surface area contributed by atoms with E-state index in [2.05, 4.69) is 20.8 Å². The van der Waals surface area contributed by atoms with E-state index in [1.807, 2.05) is 32.0 Å². The summed E-state index contributed by atoms with van der Waals surface area (Å²) in [5.41, 5.74) is 1.52. The molecule has 0 saturated heterocycles. The minimum Gasteiger partial charge on any atom is -0.487 e. The SMILES string of the molecule is CCC(C)(C)C(=O)c1ccc2c(c1)CC(C)(C)O2. The lowest BCUT2D eigenvalue weighted by Crippen LogP contribution is -2.24. The van der Waals surface area contributed by atoms with E-state index in [9.17, 15) is 4.79 Å². The molecule has 0 unspecified atom stereocenters. The molecule has 0 aliphatic carbocycles. The Balaban J connectivity index is 2.32. The van der Waals surface area contributed by atoms with E-state index >= 15 is 0 Å². The van der Waals surface area contributed by atoms with Crippen LogP contribution in [0.5, 0.6) is 5.75 Å². The zero-order valence-electron chi connectivity index (χ0n) is 12.0. The van der Waals surface area contributed by atoms with Crippen LogP contribution in [0.4, 0.5) is 0 Å². The van der Waals surface area contributed by atoms with Crippen LogP contribution in [0.25, 0.3) is 0 Å². The average Bonchev–Trinajstić information content (AvgIpc) is 2.60. The Labute approximate surface area is 109 Å². The number of benzene rings is 1. The van der Waals surface area contributed by atoms with Crippen molar-refractivity contribution < 1.29 is 9.53 Å². The largest absolute Gasteiger partial charge is 0.487 e. The van der Waals surface area contributed by atoms with E-state index in [0.29, 0.717) is 0 Å². The molecule has 0 N–H and O–H groups in total. The average molecular weight is 246 g/mol. The molecule has 0 radical (unpaired) electrons. The molecule has 1 aromatic rings. The number of ether oxygens (including phenoxy) is 1. The smallest absolute Gasteiger partial charge is 0.168 e. The summed E-state index contributed by atoms with van der Waals surface area (Å²) in [6.07, 6.45) is 1.72. The molecule has 1 aromatic carbocycles. The fourth-order valence-corrected chi connectivity index (χ4v) is 2.30. The zero-order chi connectivity index (χ0) is 13.6. The predicted octanol–water partition coefficient (Wildman–Crippen LogP) is 4.02. The summed E-state index contributed by atoms with van der Waals surface area (Å²) in [4.78, 5) is 12.4. The van der Waals surface area contributed by atoms with Crippen molar-refractivity contribution >= 4 is 5.78 Å². The summed E-state index contributed by atoms with van der Waals surface area (Å²) in [5.74, 6) is 1.14. The van der Waals surface area contributed by atoms with Crippen LogP contribution in [0.3, 0.4) is 0 Å². The summed E-state index contributed by atoms with van der Waals surface area (Å²) < 4.78 is 5.83. The Morgan fingerprint density at radius 1 is 1.39 bits per heavy atom. The van der Waals surface area contributed by atoms with E-state index in [-0.39, 0.29) is 16.8 Å². The maximum absolute atomic E-state index is 12.4. The van der Waals surface area contributed by atoms with Gasteiger partial charge in [0.2, 0.25) is 0 Å². The standard InChI is InChI=1S/C16H22O2/c1-6-15(2,3)14(17)11-7-8-13-12(9-11)10-16(4,5)18-13/h7-9H,6,10H2,1-5H3. The van der Waals surface area contributed by atoms with Gasteiger partial charge in [-0.1, -0.05) is 20.8 Å². The second-order valence-corrected chi connectivity index (χ2v) is 6.43. The fourth-order valence-electron chi connectivity index (χ4n) is 2.30. The van der Waals surface area contributed by atoms with Gasteiger partial charge in [0.25, 0.3) is 0 Å². The second kappa shape index (κ2) is 4.11. The molecule has 2 rings (SSSR count). The minimum atomic E-state index is -0.288. The molecule has 0 amide bonds. The summed E-state index contributed by atoms with van der Waals surface area (Å²) >= 11 is 0. The van der Waals surface area contributed by atoms with Gasteiger partial charge >= 0.3 is 0 Å². The van der Waals surface area contributed by atoms with E-state index < -0.39 is 0 Å². The maximum atomic E-state index is 12.4. The molecule has 2 nitrogen and oxygen atoms in total. The van der Waals surface area contributed by atoms with Gasteiger partial charge < -0.3 is 4.74 Å². The summed E-state index contributed by atoms with van der Waals surface area (Å²) in [6, 6.07) is 5.83. The lowest BCUT2D eigenvalue weighted by atomic mass is 9.81. The third-order valence-electron chi connectivity index (χ3n) is 3.82. The molecular formula is C16H22O2. The minimum absolute atomic E-state index is 0.149. The normalized spacial score (nSPS) is 17.2. The van der Waals surface area contributed by atoms with Crippen LogP contribution in [-0.4, -0.2) is 11.4 Å². The van der Waals surface area contributed by atoms with Crippen molar-refractivity contribution in [2.75, 3.05) is 0 Å². The number of rotatable bonds is 3. The van der Waals surface area contributed by atoms with Crippen molar-refractivity contribution in [3.05, 3.63) is 29.3 Å². The molecule has 2 heteroatoms. The van der Waals surface area contributed by atoms with Gasteiger partial charge in [-0.2, -0.15) is 0 Å². The van der Waals surface area contributed by atoms with Crippen molar-refractivity contribution in [3.63, 3.8) is 0 Å². The topological polar surface area (TPSA) is 26.3 Å². The molecule has 0 atom stereocenters. The highest BCUT2D eigenvalue weighted by Crippen LogP contribution is 2.36. The van der Waals surface area contributed by atoms with Gasteiger partial charge in [0.05, 0.1) is 0 Å². The van der Waals surface area contributed by atoms with Crippen molar-refractivity contribution in [3.8, 4) is 5.75 Å². The highest BCUT2D eigenvalue weighted by Gasteiger charge is 2.32. The van der Waals surface area contributed by atoms with Crippen molar-refractivity contribution in [2.45, 2.75) is 53.1 Å². The maximum Gasteiger partial charge on any atom is 0.168 e. The van der Waals surface area contributed by atoms with Gasteiger partial charge in [0.15, 0.2) is 5.78 Å². The number of Topliss-reactive ketones (excluding diaryl/α,β-unsaturated/α-hetero) is 1. The number of fused-ring (bicyclic) bond motifs is 1. The molecule has 18 heavy (non-hydrogen) atoms. The Morgan fingerprint density at radius 2 is 2.06 bits per heavy atom. The molecule has 0 aromatic heterocycles. The number of hydrogen-bond donors (Lipinski definition) is 0. The molecule has 0 spiro atoms. The molecule has 0 bridgehead atoms. The van der Waals surface area contributed by atoms with E-state index in [0.717, 1.165) is 29.7 Å². The van der Waals surface area contributed by atoms with E-state index in [1.165, 1.54) is 0 Å². The summed E-state index contributed by atoms with van der Waals surface area (Å²) in [5, 5.41) is 0. The molecule has 0 saturated carbocycles. The van der Waals surface area contributed by atoms with Crippen LogP contribution in [0.1, 0.15) is 57.0 Å². The molecule has 1 heterocycles. The Morgan fingerprint density at radius 3 is 2.67 bits per heavy atom. The lowest BCUT2D eigenvalue weighted by molar-refractivity contribution is 0.0833. The van der Waals surface area contributed by atoms with Crippen molar-refractivity contribution in [1.82, 2.24) is 0 Å². The number of carbonyl (C=O) groups is 1. The van der Waals surface area contributed by atoms with Gasteiger partial charge in [-0.3, -0.25) is 4.79 Å². The van der Waals surface area contributed by atoms with Crippen LogP contribution in [0, 0.1) is 5.41 Å². The van der Waals surface area contributed by atoms with Crippen LogP contribution < -0.4 is 4.74 Å². The summed E-state index contributed by atoms with van der Waals surface area (Å²) in [6.45, 7) is 10.2. The quantitative estimate of drug-likeness (QED) is 0.753. The highest BCUT2D eigenvalue weighted by molar-refractivity contribution is 6.00. The third kappa shape index (κ3) is 2.29. The Hall–Kier alpha value is -1.31. The number of carbonyl (C=O) groups excluding carboxylic acids is 1. The molecule has 98 valence electrons. The number of ketones is 1. The van der Waals surface area contributed by atoms with Gasteiger partial charge in [-0.05, 0) is 44.0 Å². The fraction of sp³-hybridized carbons (Fsp3) is 0.562. The van der Waals surface area contributed by atoms with Gasteiger partial charge in [-0.15, -0.1) is 0 Å². The Bertz CT molecular complexity index is 484. The molecular weight excluding hydrogens is 224 g/mol. The molecule has 1 aliphatic heterocycles. The van der Waals surface area contributed by atoms with Crippen molar-refractivity contribution in [2.24, 2.45) is 5.41 Å². The van der Waals surface area contributed by atoms with E-state index in [1.54, 1.807) is 0 Å². The highest BCUT2D eigenvalue weighted by atomic mass is 16.5. The Kier molecular flexibility index (Phi) is 3.00. The van der Waals surface area contributed by atoms with E-state index in [4.69, 9.17) is 4.74 Å². The summed E-state index contributed by atoms with van der Waals surface area (Å²) in [7, 11) is 0. The monoisotopic (exact) mass is 246 g/mol. The van der Waals surface area contributed by atoms with Gasteiger partial charge in [0.1, 0.15) is 11.4 Å². The third-order valence-corrected chi connectivity index (χ3v) is 3.82. The first kappa shape index (κ1) is 13.1. The van der Waals surface area contributed by atoms with Gasteiger partial charge in [0, 0.05) is 17.4 Å². The molecule has 0 fully saturated rings. The lowest BCUT2D eigenvalue weighted by Gasteiger charge is -2.21. The van der Waals surface area contributed by atoms with Crippen molar-refractivity contribution in [1.29, 1.82) is 0 Å².